The average Bonchev–Trinajstić information content (AvgIpc) is 2.71. The van der Waals surface area contributed by atoms with E-state index in [0.29, 0.717) is 0 Å². The molecule has 1 aromatic heterocycles. The highest BCUT2D eigenvalue weighted by atomic mass is 15.3. The molecule has 2 rings (SSSR count). The number of aryl methyl sites for hydroxylation is 3. The Labute approximate surface area is 109 Å². The van der Waals surface area contributed by atoms with Crippen molar-refractivity contribution in [2.45, 2.75) is 20.3 Å². The summed E-state index contributed by atoms with van der Waals surface area (Å²) in [6, 6.07) is 6.58. The van der Waals surface area contributed by atoms with Gasteiger partial charge in [0.25, 0.3) is 0 Å². The molecule has 0 aliphatic rings. The predicted octanol–water partition coefficient (Wildman–Crippen LogP) is 2.47. The minimum atomic E-state index is 0.953. The molecular weight excluding hydrogens is 222 g/mol. The molecule has 0 fully saturated rings. The third kappa shape index (κ3) is 2.62. The van der Waals surface area contributed by atoms with Gasteiger partial charge in [-0.2, -0.15) is 5.10 Å². The lowest BCUT2D eigenvalue weighted by Crippen LogP contribution is -2.11. The first-order valence-corrected chi connectivity index (χ1v) is 6.36. The van der Waals surface area contributed by atoms with E-state index in [9.17, 15) is 0 Å². The van der Waals surface area contributed by atoms with Crippen LogP contribution in [-0.2, 0) is 13.5 Å². The van der Waals surface area contributed by atoms with Crippen molar-refractivity contribution < 1.29 is 0 Å². The Balaban J connectivity index is 2.45. The van der Waals surface area contributed by atoms with E-state index in [1.54, 1.807) is 0 Å². The molecule has 0 spiro atoms. The second-order valence-corrected chi connectivity index (χ2v) is 4.84. The van der Waals surface area contributed by atoms with Gasteiger partial charge in [-0.25, -0.2) is 0 Å². The van der Waals surface area contributed by atoms with Gasteiger partial charge in [-0.15, -0.1) is 0 Å². The Bertz CT molecular complexity index is 541. The normalized spacial score (nSPS) is 10.9. The lowest BCUT2D eigenvalue weighted by atomic mass is 9.98. The van der Waals surface area contributed by atoms with Gasteiger partial charge >= 0.3 is 0 Å². The van der Waals surface area contributed by atoms with Crippen LogP contribution in [0.5, 0.6) is 0 Å². The molecule has 0 bridgehead atoms. The van der Waals surface area contributed by atoms with Crippen LogP contribution in [0.3, 0.4) is 0 Å². The molecular formula is C15H21N3. The van der Waals surface area contributed by atoms with Crippen molar-refractivity contribution in [3.63, 3.8) is 0 Å². The molecule has 1 heterocycles. The van der Waals surface area contributed by atoms with E-state index in [-0.39, 0.29) is 0 Å². The van der Waals surface area contributed by atoms with Crippen LogP contribution >= 0.6 is 0 Å². The van der Waals surface area contributed by atoms with Crippen molar-refractivity contribution in [3.05, 3.63) is 41.2 Å². The summed E-state index contributed by atoms with van der Waals surface area (Å²) in [4.78, 5) is 0. The van der Waals surface area contributed by atoms with E-state index in [0.717, 1.165) is 13.0 Å². The highest BCUT2D eigenvalue weighted by molar-refractivity contribution is 5.69. The number of hydrogen-bond acceptors (Lipinski definition) is 2. The highest BCUT2D eigenvalue weighted by Gasteiger charge is 2.11. The molecule has 0 radical (unpaired) electrons. The zero-order valence-electron chi connectivity index (χ0n) is 11.6. The number of nitrogens with zero attached hydrogens (tertiary/aromatic N) is 2. The molecule has 3 nitrogen and oxygen atoms in total. The Morgan fingerprint density at radius 1 is 1.22 bits per heavy atom. The summed E-state index contributed by atoms with van der Waals surface area (Å²) >= 11 is 0. The van der Waals surface area contributed by atoms with Gasteiger partial charge in [-0.3, -0.25) is 4.68 Å². The predicted molar refractivity (Wildman–Crippen MR) is 75.7 cm³/mol. The summed E-state index contributed by atoms with van der Waals surface area (Å²) in [6.07, 6.45) is 3.08. The average molecular weight is 243 g/mol. The zero-order valence-corrected chi connectivity index (χ0v) is 11.6. The summed E-state index contributed by atoms with van der Waals surface area (Å²) in [5, 5.41) is 7.75. The Kier molecular flexibility index (Phi) is 3.82. The van der Waals surface area contributed by atoms with Crippen LogP contribution in [0.25, 0.3) is 11.1 Å². The van der Waals surface area contributed by atoms with E-state index in [2.05, 4.69) is 48.7 Å². The summed E-state index contributed by atoms with van der Waals surface area (Å²) in [5.41, 5.74) is 6.32. The maximum Gasteiger partial charge on any atom is 0.0715 e. The summed E-state index contributed by atoms with van der Waals surface area (Å²) < 4.78 is 1.90. The van der Waals surface area contributed by atoms with Crippen LogP contribution in [0.15, 0.2) is 24.4 Å². The van der Waals surface area contributed by atoms with Gasteiger partial charge in [0, 0.05) is 31.8 Å². The molecule has 0 unspecified atom stereocenters. The van der Waals surface area contributed by atoms with Crippen LogP contribution < -0.4 is 5.32 Å². The number of nitrogens with one attached hydrogen (secondary N) is 1. The monoisotopic (exact) mass is 243 g/mol. The molecule has 3 heteroatoms. The van der Waals surface area contributed by atoms with Crippen molar-refractivity contribution in [2.24, 2.45) is 7.05 Å². The first-order valence-electron chi connectivity index (χ1n) is 6.36. The van der Waals surface area contributed by atoms with E-state index >= 15 is 0 Å². The summed E-state index contributed by atoms with van der Waals surface area (Å²) in [5.74, 6) is 0. The smallest absolute Gasteiger partial charge is 0.0715 e. The minimum absolute atomic E-state index is 0.953. The minimum Gasteiger partial charge on any atom is -0.319 e. The van der Waals surface area contributed by atoms with Crippen molar-refractivity contribution >= 4 is 0 Å². The number of aromatic nitrogens is 2. The number of benzene rings is 1. The van der Waals surface area contributed by atoms with Gasteiger partial charge in [0.2, 0.25) is 0 Å². The number of likely N-dealkylation sites (N-methyl/N-ethyl adjacent to an activating group) is 1. The van der Waals surface area contributed by atoms with Crippen LogP contribution in [0, 0.1) is 13.8 Å². The third-order valence-corrected chi connectivity index (χ3v) is 3.20. The van der Waals surface area contributed by atoms with E-state index in [1.165, 1.54) is 27.9 Å². The first kappa shape index (κ1) is 12.8. The van der Waals surface area contributed by atoms with E-state index in [1.807, 2.05) is 18.8 Å². The van der Waals surface area contributed by atoms with Gasteiger partial charge in [0.05, 0.1) is 5.69 Å². The molecule has 0 aliphatic heterocycles. The van der Waals surface area contributed by atoms with Gasteiger partial charge in [-0.1, -0.05) is 23.8 Å². The quantitative estimate of drug-likeness (QED) is 0.894. The Morgan fingerprint density at radius 2 is 2.00 bits per heavy atom. The summed E-state index contributed by atoms with van der Waals surface area (Å²) in [7, 11) is 3.96. The highest BCUT2D eigenvalue weighted by Crippen LogP contribution is 2.27. The van der Waals surface area contributed by atoms with Gasteiger partial charge in [0.1, 0.15) is 0 Å². The van der Waals surface area contributed by atoms with Crippen LogP contribution in [0.4, 0.5) is 0 Å². The lowest BCUT2D eigenvalue weighted by molar-refractivity contribution is 0.717. The molecule has 0 atom stereocenters. The van der Waals surface area contributed by atoms with Crippen LogP contribution in [0.1, 0.15) is 16.8 Å². The molecule has 18 heavy (non-hydrogen) atoms. The van der Waals surface area contributed by atoms with Gasteiger partial charge < -0.3 is 5.32 Å². The Morgan fingerprint density at radius 3 is 2.72 bits per heavy atom. The lowest BCUT2D eigenvalue weighted by Gasteiger charge is -2.07. The van der Waals surface area contributed by atoms with Gasteiger partial charge in [0.15, 0.2) is 0 Å². The number of hydrogen-bond donors (Lipinski definition) is 1. The van der Waals surface area contributed by atoms with Crippen LogP contribution in [0.2, 0.25) is 0 Å². The maximum absolute atomic E-state index is 4.57. The van der Waals surface area contributed by atoms with Gasteiger partial charge in [-0.05, 0) is 32.0 Å². The molecule has 0 saturated heterocycles. The van der Waals surface area contributed by atoms with E-state index < -0.39 is 0 Å². The third-order valence-electron chi connectivity index (χ3n) is 3.20. The topological polar surface area (TPSA) is 29.9 Å². The fourth-order valence-electron chi connectivity index (χ4n) is 2.21. The second-order valence-electron chi connectivity index (χ2n) is 4.84. The number of rotatable bonds is 4. The largest absolute Gasteiger partial charge is 0.319 e. The molecule has 1 aromatic carbocycles. The van der Waals surface area contributed by atoms with Crippen molar-refractivity contribution in [2.75, 3.05) is 13.6 Å². The molecule has 1 N–H and O–H groups in total. The Hall–Kier alpha value is -1.61. The second kappa shape index (κ2) is 5.36. The maximum atomic E-state index is 4.57. The van der Waals surface area contributed by atoms with Crippen molar-refractivity contribution in [3.8, 4) is 11.1 Å². The molecule has 0 amide bonds. The fraction of sp³-hybridized carbons (Fsp3) is 0.400. The van der Waals surface area contributed by atoms with Crippen molar-refractivity contribution in [1.29, 1.82) is 0 Å². The molecule has 0 saturated carbocycles. The standard InChI is InChI=1S/C15H21N3/c1-11-5-6-12(2)13(9-11)14-10-18(4)17-15(14)7-8-16-3/h5-6,9-10,16H,7-8H2,1-4H3. The van der Waals surface area contributed by atoms with Crippen LogP contribution in [-0.4, -0.2) is 23.4 Å². The van der Waals surface area contributed by atoms with Crippen molar-refractivity contribution in [1.82, 2.24) is 15.1 Å². The van der Waals surface area contributed by atoms with E-state index in [4.69, 9.17) is 0 Å². The molecule has 0 aliphatic carbocycles. The first-order chi connectivity index (χ1) is 8.61. The molecule has 2 aromatic rings. The SMILES string of the molecule is CNCCc1nn(C)cc1-c1cc(C)ccc1C. The fourth-order valence-corrected chi connectivity index (χ4v) is 2.21. The zero-order chi connectivity index (χ0) is 13.1. The summed E-state index contributed by atoms with van der Waals surface area (Å²) in [6.45, 7) is 5.24. The molecule has 96 valence electrons.